The monoisotopic (exact) mass is 377 g/mol. The molecule has 28 heavy (non-hydrogen) atoms. The maximum atomic E-state index is 12.0. The molecule has 0 bridgehead atoms. The van der Waals surface area contributed by atoms with Crippen LogP contribution in [-0.2, 0) is 4.79 Å². The number of hydrogen-bond donors (Lipinski definition) is 0. The molecule has 0 fully saturated rings. The SMILES string of the molecule is Cc1ccc(-c2ccc(OC(=O)COc3ccc([N+](=O)[O-])cc3C)cc2)cc1. The Balaban J connectivity index is 1.57. The molecule has 0 saturated carbocycles. The maximum Gasteiger partial charge on any atom is 0.349 e. The van der Waals surface area contributed by atoms with Crippen molar-refractivity contribution in [2.75, 3.05) is 6.61 Å². The molecule has 0 atom stereocenters. The first-order chi connectivity index (χ1) is 13.4. The van der Waals surface area contributed by atoms with Crippen molar-refractivity contribution in [3.05, 3.63) is 88.0 Å². The minimum atomic E-state index is -0.555. The highest BCUT2D eigenvalue weighted by Crippen LogP contribution is 2.24. The van der Waals surface area contributed by atoms with Gasteiger partial charge in [0.05, 0.1) is 4.92 Å². The van der Waals surface area contributed by atoms with Gasteiger partial charge in [-0.1, -0.05) is 42.0 Å². The van der Waals surface area contributed by atoms with Gasteiger partial charge in [0.25, 0.3) is 5.69 Å². The summed E-state index contributed by atoms with van der Waals surface area (Å²) in [7, 11) is 0. The van der Waals surface area contributed by atoms with Crippen LogP contribution < -0.4 is 9.47 Å². The van der Waals surface area contributed by atoms with E-state index in [-0.39, 0.29) is 12.3 Å². The summed E-state index contributed by atoms with van der Waals surface area (Å²) in [6.07, 6.45) is 0. The van der Waals surface area contributed by atoms with Gasteiger partial charge in [-0.2, -0.15) is 0 Å². The summed E-state index contributed by atoms with van der Waals surface area (Å²) >= 11 is 0. The number of hydrogen-bond acceptors (Lipinski definition) is 5. The Bertz CT molecular complexity index is 994. The van der Waals surface area contributed by atoms with E-state index in [0.29, 0.717) is 17.1 Å². The predicted octanol–water partition coefficient (Wildman–Crippen LogP) is 4.86. The molecule has 6 heteroatoms. The summed E-state index contributed by atoms with van der Waals surface area (Å²) < 4.78 is 10.7. The summed E-state index contributed by atoms with van der Waals surface area (Å²) in [6, 6.07) is 19.6. The van der Waals surface area contributed by atoms with E-state index in [1.54, 1.807) is 19.1 Å². The third kappa shape index (κ3) is 4.73. The van der Waals surface area contributed by atoms with Gasteiger partial charge in [0.2, 0.25) is 0 Å². The van der Waals surface area contributed by atoms with Gasteiger partial charge in [-0.3, -0.25) is 10.1 Å². The van der Waals surface area contributed by atoms with E-state index in [1.807, 2.05) is 43.3 Å². The number of carbonyl (C=O) groups is 1. The molecule has 0 amide bonds. The molecule has 0 aliphatic heterocycles. The van der Waals surface area contributed by atoms with Crippen LogP contribution in [0.15, 0.2) is 66.7 Å². The summed E-state index contributed by atoms with van der Waals surface area (Å²) in [5, 5.41) is 10.8. The lowest BCUT2D eigenvalue weighted by Crippen LogP contribution is -2.18. The number of benzene rings is 3. The third-order valence-electron chi connectivity index (χ3n) is 4.19. The van der Waals surface area contributed by atoms with Crippen LogP contribution in [0.1, 0.15) is 11.1 Å². The molecule has 0 unspecified atom stereocenters. The Hall–Kier alpha value is -3.67. The average molecular weight is 377 g/mol. The van der Waals surface area contributed by atoms with Gasteiger partial charge in [0.15, 0.2) is 6.61 Å². The van der Waals surface area contributed by atoms with Gasteiger partial charge in [-0.25, -0.2) is 4.79 Å². The zero-order valence-corrected chi connectivity index (χ0v) is 15.5. The smallest absolute Gasteiger partial charge is 0.349 e. The lowest BCUT2D eigenvalue weighted by Gasteiger charge is -2.09. The second-order valence-electron chi connectivity index (χ2n) is 6.36. The second-order valence-corrected chi connectivity index (χ2v) is 6.36. The zero-order valence-electron chi connectivity index (χ0n) is 15.5. The van der Waals surface area contributed by atoms with Crippen LogP contribution in [0.4, 0.5) is 5.69 Å². The summed E-state index contributed by atoms with van der Waals surface area (Å²) in [6.45, 7) is 3.42. The van der Waals surface area contributed by atoms with Crippen molar-refractivity contribution >= 4 is 11.7 Å². The summed E-state index contributed by atoms with van der Waals surface area (Å²) in [5.41, 5.74) is 3.85. The molecule has 3 aromatic rings. The first-order valence-electron chi connectivity index (χ1n) is 8.68. The highest BCUT2D eigenvalue weighted by molar-refractivity contribution is 5.74. The van der Waals surface area contributed by atoms with Crippen molar-refractivity contribution in [1.29, 1.82) is 0 Å². The molecule has 0 spiro atoms. The van der Waals surface area contributed by atoms with Gasteiger partial charge in [-0.05, 0) is 48.7 Å². The predicted molar refractivity (Wildman–Crippen MR) is 106 cm³/mol. The Morgan fingerprint density at radius 2 is 1.54 bits per heavy atom. The number of aryl methyl sites for hydroxylation is 2. The van der Waals surface area contributed by atoms with E-state index < -0.39 is 10.9 Å². The van der Waals surface area contributed by atoms with Gasteiger partial charge in [-0.15, -0.1) is 0 Å². The molecule has 0 aliphatic carbocycles. The molecular weight excluding hydrogens is 358 g/mol. The van der Waals surface area contributed by atoms with Gasteiger partial charge in [0.1, 0.15) is 11.5 Å². The Morgan fingerprint density at radius 1 is 0.929 bits per heavy atom. The van der Waals surface area contributed by atoms with E-state index in [4.69, 9.17) is 9.47 Å². The van der Waals surface area contributed by atoms with E-state index in [1.165, 1.54) is 23.8 Å². The fraction of sp³-hybridized carbons (Fsp3) is 0.136. The largest absolute Gasteiger partial charge is 0.482 e. The summed E-state index contributed by atoms with van der Waals surface area (Å²) in [4.78, 5) is 22.3. The Morgan fingerprint density at radius 3 is 2.11 bits per heavy atom. The van der Waals surface area contributed by atoms with Crippen LogP contribution in [0.5, 0.6) is 11.5 Å². The number of esters is 1. The number of carbonyl (C=O) groups excluding carboxylic acids is 1. The standard InChI is InChI=1S/C22H19NO5/c1-15-3-5-17(6-4-15)18-7-10-20(11-8-18)28-22(24)14-27-21-12-9-19(23(25)26)13-16(21)2/h3-13H,14H2,1-2H3. The normalized spacial score (nSPS) is 10.4. The van der Waals surface area contributed by atoms with Crippen molar-refractivity contribution in [3.63, 3.8) is 0 Å². The molecule has 3 rings (SSSR count). The first kappa shape index (κ1) is 19.1. The molecule has 6 nitrogen and oxygen atoms in total. The van der Waals surface area contributed by atoms with E-state index >= 15 is 0 Å². The van der Waals surface area contributed by atoms with Crippen LogP contribution in [0.3, 0.4) is 0 Å². The van der Waals surface area contributed by atoms with E-state index in [9.17, 15) is 14.9 Å². The molecule has 0 aromatic heterocycles. The van der Waals surface area contributed by atoms with Gasteiger partial charge in [0, 0.05) is 12.1 Å². The lowest BCUT2D eigenvalue weighted by atomic mass is 10.0. The van der Waals surface area contributed by atoms with Crippen molar-refractivity contribution < 1.29 is 19.2 Å². The van der Waals surface area contributed by atoms with E-state index in [0.717, 1.165) is 11.1 Å². The van der Waals surface area contributed by atoms with Crippen LogP contribution in [0.2, 0.25) is 0 Å². The van der Waals surface area contributed by atoms with Gasteiger partial charge >= 0.3 is 5.97 Å². The molecule has 0 aliphatic rings. The number of nitro groups is 1. The minimum absolute atomic E-state index is 0.0268. The highest BCUT2D eigenvalue weighted by atomic mass is 16.6. The van der Waals surface area contributed by atoms with Crippen molar-refractivity contribution in [2.45, 2.75) is 13.8 Å². The topological polar surface area (TPSA) is 78.7 Å². The van der Waals surface area contributed by atoms with Crippen molar-refractivity contribution in [2.24, 2.45) is 0 Å². The van der Waals surface area contributed by atoms with Crippen LogP contribution >= 0.6 is 0 Å². The minimum Gasteiger partial charge on any atom is -0.482 e. The first-order valence-corrected chi connectivity index (χ1v) is 8.68. The molecule has 0 heterocycles. The second kappa shape index (κ2) is 8.35. The molecule has 0 N–H and O–H groups in total. The number of ether oxygens (including phenoxy) is 2. The highest BCUT2D eigenvalue weighted by Gasteiger charge is 2.11. The quantitative estimate of drug-likeness (QED) is 0.265. The Kier molecular flexibility index (Phi) is 5.69. The molecule has 142 valence electrons. The number of rotatable bonds is 6. The fourth-order valence-electron chi connectivity index (χ4n) is 2.67. The molecule has 3 aromatic carbocycles. The maximum absolute atomic E-state index is 12.0. The van der Waals surface area contributed by atoms with Crippen molar-refractivity contribution in [1.82, 2.24) is 0 Å². The van der Waals surface area contributed by atoms with Crippen LogP contribution in [-0.4, -0.2) is 17.5 Å². The van der Waals surface area contributed by atoms with E-state index in [2.05, 4.69) is 0 Å². The number of nitrogens with zero attached hydrogens (tertiary/aromatic N) is 1. The van der Waals surface area contributed by atoms with Crippen LogP contribution in [0.25, 0.3) is 11.1 Å². The molecule has 0 radical (unpaired) electrons. The fourth-order valence-corrected chi connectivity index (χ4v) is 2.67. The number of non-ortho nitro benzene ring substituents is 1. The molecule has 0 saturated heterocycles. The Labute approximate surface area is 162 Å². The third-order valence-corrected chi connectivity index (χ3v) is 4.19. The summed E-state index contributed by atoms with van der Waals surface area (Å²) in [5.74, 6) is 0.267. The molecular formula is C22H19NO5. The van der Waals surface area contributed by atoms with Crippen LogP contribution in [0, 0.1) is 24.0 Å². The lowest BCUT2D eigenvalue weighted by molar-refractivity contribution is -0.384. The van der Waals surface area contributed by atoms with Gasteiger partial charge < -0.3 is 9.47 Å². The zero-order chi connectivity index (χ0) is 20.1. The number of nitro benzene ring substituents is 1. The average Bonchev–Trinajstić information content (AvgIpc) is 2.68. The van der Waals surface area contributed by atoms with Crippen molar-refractivity contribution in [3.8, 4) is 22.6 Å².